The third-order valence-corrected chi connectivity index (χ3v) is 3.66. The first-order chi connectivity index (χ1) is 8.97. The molecule has 1 fully saturated rings. The van der Waals surface area contributed by atoms with Gasteiger partial charge in [-0.05, 0) is 13.8 Å². The minimum atomic E-state index is -0.232. The lowest BCUT2D eigenvalue weighted by Gasteiger charge is -2.41. The summed E-state index contributed by atoms with van der Waals surface area (Å²) in [4.78, 5) is 16.1. The van der Waals surface area contributed by atoms with Crippen molar-refractivity contribution in [2.24, 2.45) is 12.8 Å². The number of aromatic nitrogens is 2. The Morgan fingerprint density at radius 1 is 1.53 bits per heavy atom. The maximum atomic E-state index is 11.6. The van der Waals surface area contributed by atoms with Crippen LogP contribution in [0.15, 0.2) is 12.4 Å². The minimum Gasteiger partial charge on any atom is -0.368 e. The van der Waals surface area contributed by atoms with Gasteiger partial charge in [0.2, 0.25) is 5.91 Å². The number of aryl methyl sites for hydroxylation is 1. The Hall–Kier alpha value is -1.40. The molecule has 1 aromatic heterocycles. The summed E-state index contributed by atoms with van der Waals surface area (Å²) in [6, 6.07) is 0.156. The first-order valence-electron chi connectivity index (χ1n) is 6.72. The van der Waals surface area contributed by atoms with Crippen molar-refractivity contribution in [1.29, 1.82) is 0 Å². The zero-order valence-electron chi connectivity index (χ0n) is 11.9. The number of amides is 1. The molecule has 2 rings (SSSR count). The van der Waals surface area contributed by atoms with E-state index in [2.05, 4.69) is 28.7 Å². The van der Waals surface area contributed by atoms with E-state index in [1.54, 1.807) is 4.68 Å². The number of nitrogens with zero attached hydrogens (tertiary/aromatic N) is 4. The molecule has 0 bridgehead atoms. The van der Waals surface area contributed by atoms with Gasteiger partial charge in [-0.1, -0.05) is 0 Å². The Morgan fingerprint density at radius 3 is 2.79 bits per heavy atom. The molecule has 1 aliphatic heterocycles. The molecule has 1 amide bonds. The molecule has 1 atom stereocenters. The largest absolute Gasteiger partial charge is 0.368 e. The molecule has 0 saturated carbocycles. The number of hydrogen-bond donors (Lipinski definition) is 1. The molecule has 0 aromatic carbocycles. The number of hydrogen-bond acceptors (Lipinski definition) is 4. The van der Waals surface area contributed by atoms with Crippen LogP contribution in [0.5, 0.6) is 0 Å². The van der Waals surface area contributed by atoms with Crippen LogP contribution >= 0.6 is 0 Å². The molecule has 2 heterocycles. The molecule has 0 spiro atoms. The minimum absolute atomic E-state index is 0.189. The van der Waals surface area contributed by atoms with E-state index in [0.717, 1.165) is 19.6 Å². The summed E-state index contributed by atoms with van der Waals surface area (Å²) in [5, 5.41) is 4.17. The molecule has 2 N–H and O–H groups in total. The second kappa shape index (κ2) is 5.71. The van der Waals surface area contributed by atoms with Crippen molar-refractivity contribution >= 4 is 5.91 Å². The molecule has 1 aromatic rings. The van der Waals surface area contributed by atoms with E-state index >= 15 is 0 Å². The van der Waals surface area contributed by atoms with Crippen LogP contribution in [0.4, 0.5) is 0 Å². The smallest absolute Gasteiger partial charge is 0.236 e. The van der Waals surface area contributed by atoms with E-state index in [1.807, 2.05) is 19.4 Å². The van der Waals surface area contributed by atoms with E-state index in [1.165, 1.54) is 5.56 Å². The monoisotopic (exact) mass is 265 g/mol. The second-order valence-electron chi connectivity index (χ2n) is 5.51. The summed E-state index contributed by atoms with van der Waals surface area (Å²) in [5.74, 6) is -0.232. The Balaban J connectivity index is 2.00. The van der Waals surface area contributed by atoms with Gasteiger partial charge in [-0.3, -0.25) is 19.3 Å². The predicted molar refractivity (Wildman–Crippen MR) is 73.3 cm³/mol. The van der Waals surface area contributed by atoms with E-state index in [0.29, 0.717) is 12.6 Å². The third-order valence-electron chi connectivity index (χ3n) is 3.66. The molecule has 6 heteroatoms. The van der Waals surface area contributed by atoms with E-state index in [4.69, 9.17) is 5.73 Å². The lowest BCUT2D eigenvalue weighted by molar-refractivity contribution is -0.126. The highest BCUT2D eigenvalue weighted by Gasteiger charge is 2.32. The Kier molecular flexibility index (Phi) is 4.21. The number of piperazine rings is 1. The number of nitrogens with two attached hydrogens (primary N) is 1. The summed E-state index contributed by atoms with van der Waals surface area (Å²) in [6.45, 7) is 7.56. The van der Waals surface area contributed by atoms with Crippen molar-refractivity contribution in [3.63, 3.8) is 0 Å². The van der Waals surface area contributed by atoms with Crippen LogP contribution in [0.3, 0.4) is 0 Å². The molecule has 0 radical (unpaired) electrons. The summed E-state index contributed by atoms with van der Waals surface area (Å²) in [6.07, 6.45) is 3.88. The van der Waals surface area contributed by atoms with Gasteiger partial charge in [0.05, 0.1) is 6.20 Å². The molecule has 1 saturated heterocycles. The molecule has 19 heavy (non-hydrogen) atoms. The summed E-state index contributed by atoms with van der Waals surface area (Å²) in [7, 11) is 1.91. The molecular weight excluding hydrogens is 242 g/mol. The lowest BCUT2D eigenvalue weighted by atomic mass is 10.1. The van der Waals surface area contributed by atoms with Crippen molar-refractivity contribution in [2.45, 2.75) is 32.5 Å². The molecule has 0 aliphatic carbocycles. The fourth-order valence-electron chi connectivity index (χ4n) is 2.68. The van der Waals surface area contributed by atoms with E-state index in [9.17, 15) is 4.79 Å². The van der Waals surface area contributed by atoms with Gasteiger partial charge in [0.25, 0.3) is 0 Å². The molecule has 1 unspecified atom stereocenters. The van der Waals surface area contributed by atoms with Crippen LogP contribution in [0.1, 0.15) is 19.4 Å². The first kappa shape index (κ1) is 14.0. The maximum absolute atomic E-state index is 11.6. The number of primary amides is 1. The zero-order valence-corrected chi connectivity index (χ0v) is 11.9. The van der Waals surface area contributed by atoms with Gasteiger partial charge in [-0.2, -0.15) is 5.10 Å². The normalized spacial score (nSPS) is 22.0. The zero-order chi connectivity index (χ0) is 14.0. The lowest BCUT2D eigenvalue weighted by Crippen LogP contribution is -2.59. The summed E-state index contributed by atoms with van der Waals surface area (Å²) < 4.78 is 1.80. The van der Waals surface area contributed by atoms with Crippen molar-refractivity contribution < 1.29 is 4.79 Å². The number of rotatable bonds is 4. The van der Waals surface area contributed by atoms with Gasteiger partial charge >= 0.3 is 0 Å². The van der Waals surface area contributed by atoms with Gasteiger partial charge < -0.3 is 5.73 Å². The van der Waals surface area contributed by atoms with Crippen molar-refractivity contribution in [1.82, 2.24) is 19.6 Å². The van der Waals surface area contributed by atoms with Gasteiger partial charge in [0, 0.05) is 51.0 Å². The Bertz CT molecular complexity index is 442. The number of carbonyl (C=O) groups is 1. The van der Waals surface area contributed by atoms with Crippen molar-refractivity contribution in [2.75, 3.05) is 19.6 Å². The second-order valence-corrected chi connectivity index (χ2v) is 5.51. The van der Waals surface area contributed by atoms with Gasteiger partial charge in [0.15, 0.2) is 0 Å². The molecule has 106 valence electrons. The Morgan fingerprint density at radius 2 is 2.26 bits per heavy atom. The van der Waals surface area contributed by atoms with Crippen molar-refractivity contribution in [3.05, 3.63) is 18.0 Å². The van der Waals surface area contributed by atoms with Crippen LogP contribution < -0.4 is 5.73 Å². The molecule has 1 aliphatic rings. The van der Waals surface area contributed by atoms with Crippen LogP contribution in [0.2, 0.25) is 0 Å². The average Bonchev–Trinajstić information content (AvgIpc) is 2.74. The molecule has 6 nitrogen and oxygen atoms in total. The van der Waals surface area contributed by atoms with Gasteiger partial charge in [-0.25, -0.2) is 0 Å². The van der Waals surface area contributed by atoms with E-state index in [-0.39, 0.29) is 11.9 Å². The Labute approximate surface area is 114 Å². The standard InChI is InChI=1S/C13H23N5O/c1-10(2)18-5-4-17(9-12(18)13(14)19)8-11-6-15-16(3)7-11/h6-7,10,12H,4-5,8-9H2,1-3H3,(H2,14,19). The van der Waals surface area contributed by atoms with Gasteiger partial charge in [-0.15, -0.1) is 0 Å². The van der Waals surface area contributed by atoms with E-state index < -0.39 is 0 Å². The topological polar surface area (TPSA) is 67.4 Å². The summed E-state index contributed by atoms with van der Waals surface area (Å²) >= 11 is 0. The summed E-state index contributed by atoms with van der Waals surface area (Å²) in [5.41, 5.74) is 6.70. The fraction of sp³-hybridized carbons (Fsp3) is 0.692. The highest BCUT2D eigenvalue weighted by molar-refractivity contribution is 5.80. The SMILES string of the molecule is CC(C)N1CCN(Cc2cnn(C)c2)CC1C(N)=O. The van der Waals surface area contributed by atoms with Gasteiger partial charge in [0.1, 0.15) is 6.04 Å². The highest BCUT2D eigenvalue weighted by Crippen LogP contribution is 2.15. The maximum Gasteiger partial charge on any atom is 0.236 e. The van der Waals surface area contributed by atoms with Crippen LogP contribution in [-0.2, 0) is 18.4 Å². The fourth-order valence-corrected chi connectivity index (χ4v) is 2.68. The first-order valence-corrected chi connectivity index (χ1v) is 6.72. The van der Waals surface area contributed by atoms with Crippen LogP contribution in [-0.4, -0.2) is 57.2 Å². The highest BCUT2D eigenvalue weighted by atomic mass is 16.1. The van der Waals surface area contributed by atoms with Crippen LogP contribution in [0, 0.1) is 0 Å². The predicted octanol–water partition coefficient (Wildman–Crippen LogP) is -0.200. The van der Waals surface area contributed by atoms with Crippen LogP contribution in [0.25, 0.3) is 0 Å². The average molecular weight is 265 g/mol. The van der Waals surface area contributed by atoms with Crippen molar-refractivity contribution in [3.8, 4) is 0 Å². The third kappa shape index (κ3) is 3.33. The number of carbonyl (C=O) groups excluding carboxylic acids is 1. The molecular formula is C13H23N5O. The quantitative estimate of drug-likeness (QED) is 0.819.